The molecule has 1 aliphatic heterocycles. The molecule has 0 spiro atoms. The fourth-order valence-corrected chi connectivity index (χ4v) is 1.93. The molecule has 1 saturated heterocycles. The molecular weight excluding hydrogens is 193 g/mol. The van der Waals surface area contributed by atoms with Crippen LogP contribution in [0.4, 0.5) is 13.2 Å². The van der Waals surface area contributed by atoms with Gasteiger partial charge in [-0.25, -0.2) is 0 Å². The van der Waals surface area contributed by atoms with E-state index in [0.717, 1.165) is 0 Å². The van der Waals surface area contributed by atoms with Crippen LogP contribution in [0.3, 0.4) is 0 Å². The number of likely N-dealkylation sites (tertiary alicyclic amines) is 1. The number of piperidine rings is 1. The number of alkyl halides is 3. The number of rotatable bonds is 1. The van der Waals surface area contributed by atoms with Crippen molar-refractivity contribution in [2.45, 2.75) is 38.5 Å². The molecule has 2 N–H and O–H groups in total. The van der Waals surface area contributed by atoms with E-state index in [0.29, 0.717) is 13.0 Å². The van der Waals surface area contributed by atoms with Crippen molar-refractivity contribution >= 4 is 0 Å². The molecule has 0 aromatic carbocycles. The Balaban J connectivity index is 2.55. The third kappa shape index (κ3) is 2.85. The molecule has 0 aliphatic carbocycles. The smallest absolute Gasteiger partial charge is 0.327 e. The van der Waals surface area contributed by atoms with Gasteiger partial charge in [0.15, 0.2) is 0 Å². The third-order valence-corrected chi connectivity index (χ3v) is 3.14. The van der Waals surface area contributed by atoms with Gasteiger partial charge < -0.3 is 5.73 Å². The summed E-state index contributed by atoms with van der Waals surface area (Å²) in [5.41, 5.74) is 5.79. The quantitative estimate of drug-likeness (QED) is 0.712. The van der Waals surface area contributed by atoms with Gasteiger partial charge in [-0.1, -0.05) is 6.92 Å². The third-order valence-electron chi connectivity index (χ3n) is 3.14. The predicted molar refractivity (Wildman–Crippen MR) is 48.8 cm³/mol. The van der Waals surface area contributed by atoms with Gasteiger partial charge in [-0.3, -0.25) is 4.90 Å². The first-order chi connectivity index (χ1) is 6.31. The molecule has 1 fully saturated rings. The fraction of sp³-hybridized carbons (Fsp3) is 1.00. The van der Waals surface area contributed by atoms with Crippen LogP contribution in [-0.2, 0) is 0 Å². The van der Waals surface area contributed by atoms with Crippen LogP contribution in [0, 0.1) is 5.92 Å². The van der Waals surface area contributed by atoms with E-state index in [4.69, 9.17) is 5.73 Å². The molecule has 3 atom stereocenters. The lowest BCUT2D eigenvalue weighted by Gasteiger charge is -2.41. The van der Waals surface area contributed by atoms with Crippen molar-refractivity contribution in [1.82, 2.24) is 4.90 Å². The van der Waals surface area contributed by atoms with Crippen LogP contribution in [0.1, 0.15) is 20.3 Å². The van der Waals surface area contributed by atoms with E-state index in [1.807, 2.05) is 13.8 Å². The van der Waals surface area contributed by atoms with Crippen molar-refractivity contribution in [3.8, 4) is 0 Å². The van der Waals surface area contributed by atoms with Gasteiger partial charge in [-0.2, -0.15) is 13.2 Å². The SMILES string of the molecule is CC1C(N)CCN(CC(F)(F)F)C1C. The van der Waals surface area contributed by atoms with Gasteiger partial charge in [0.25, 0.3) is 0 Å². The molecular formula is C9H17F3N2. The van der Waals surface area contributed by atoms with Crippen LogP contribution in [-0.4, -0.2) is 36.2 Å². The van der Waals surface area contributed by atoms with Crippen molar-refractivity contribution in [2.24, 2.45) is 11.7 Å². The van der Waals surface area contributed by atoms with Gasteiger partial charge in [0.1, 0.15) is 0 Å². The molecule has 0 bridgehead atoms. The molecule has 1 rings (SSSR count). The summed E-state index contributed by atoms with van der Waals surface area (Å²) in [5, 5.41) is 0. The van der Waals surface area contributed by atoms with Gasteiger partial charge in [0.2, 0.25) is 0 Å². The van der Waals surface area contributed by atoms with Gasteiger partial charge in [-0.05, 0) is 19.3 Å². The Morgan fingerprint density at radius 1 is 1.36 bits per heavy atom. The maximum Gasteiger partial charge on any atom is 0.401 e. The highest BCUT2D eigenvalue weighted by Crippen LogP contribution is 2.26. The van der Waals surface area contributed by atoms with E-state index in [1.165, 1.54) is 4.90 Å². The normalized spacial score (nSPS) is 36.0. The average molecular weight is 210 g/mol. The number of hydrogen-bond donors (Lipinski definition) is 1. The van der Waals surface area contributed by atoms with Crippen LogP contribution in [0.25, 0.3) is 0 Å². The highest BCUT2D eigenvalue weighted by atomic mass is 19.4. The standard InChI is InChI=1S/C9H17F3N2/c1-6-7(2)14(4-3-8(6)13)5-9(10,11)12/h6-8H,3-5,13H2,1-2H3. The zero-order chi connectivity index (χ0) is 10.9. The molecule has 0 aromatic heterocycles. The molecule has 1 heterocycles. The monoisotopic (exact) mass is 210 g/mol. The minimum Gasteiger partial charge on any atom is -0.327 e. The molecule has 5 heteroatoms. The van der Waals surface area contributed by atoms with Crippen molar-refractivity contribution in [3.63, 3.8) is 0 Å². The molecule has 0 radical (unpaired) electrons. The molecule has 2 nitrogen and oxygen atoms in total. The number of hydrogen-bond acceptors (Lipinski definition) is 2. The van der Waals surface area contributed by atoms with Crippen LogP contribution >= 0.6 is 0 Å². The lowest BCUT2D eigenvalue weighted by atomic mass is 9.88. The Morgan fingerprint density at radius 3 is 2.43 bits per heavy atom. The summed E-state index contributed by atoms with van der Waals surface area (Å²) < 4.78 is 36.5. The van der Waals surface area contributed by atoms with Crippen molar-refractivity contribution in [2.75, 3.05) is 13.1 Å². The van der Waals surface area contributed by atoms with E-state index in [1.54, 1.807) is 0 Å². The van der Waals surface area contributed by atoms with E-state index >= 15 is 0 Å². The van der Waals surface area contributed by atoms with Crippen molar-refractivity contribution in [1.29, 1.82) is 0 Å². The highest BCUT2D eigenvalue weighted by Gasteiger charge is 2.37. The summed E-state index contributed by atoms with van der Waals surface area (Å²) in [6.07, 6.45) is -3.45. The molecule has 1 aliphatic rings. The summed E-state index contributed by atoms with van der Waals surface area (Å²) >= 11 is 0. The summed E-state index contributed by atoms with van der Waals surface area (Å²) in [4.78, 5) is 1.47. The largest absolute Gasteiger partial charge is 0.401 e. The Labute approximate surface area is 82.2 Å². The van der Waals surface area contributed by atoms with E-state index in [2.05, 4.69) is 0 Å². The van der Waals surface area contributed by atoms with Gasteiger partial charge >= 0.3 is 6.18 Å². The fourth-order valence-electron chi connectivity index (χ4n) is 1.93. The second-order valence-corrected chi connectivity index (χ2v) is 4.14. The Kier molecular flexibility index (Phi) is 3.42. The minimum atomic E-state index is -4.10. The Bertz CT molecular complexity index is 193. The Morgan fingerprint density at radius 2 is 1.93 bits per heavy atom. The molecule has 14 heavy (non-hydrogen) atoms. The van der Waals surface area contributed by atoms with Crippen molar-refractivity contribution < 1.29 is 13.2 Å². The van der Waals surface area contributed by atoms with Crippen molar-refractivity contribution in [3.05, 3.63) is 0 Å². The second kappa shape index (κ2) is 4.06. The summed E-state index contributed by atoms with van der Waals surface area (Å²) in [6.45, 7) is 3.37. The van der Waals surface area contributed by atoms with E-state index < -0.39 is 12.7 Å². The Hall–Kier alpha value is -0.290. The zero-order valence-electron chi connectivity index (χ0n) is 8.51. The van der Waals surface area contributed by atoms with E-state index in [9.17, 15) is 13.2 Å². The van der Waals surface area contributed by atoms with Crippen LogP contribution in [0.15, 0.2) is 0 Å². The zero-order valence-corrected chi connectivity index (χ0v) is 8.51. The lowest BCUT2D eigenvalue weighted by molar-refractivity contribution is -0.155. The molecule has 0 aromatic rings. The van der Waals surface area contributed by atoms with Crippen LogP contribution in [0.2, 0.25) is 0 Å². The summed E-state index contributed by atoms with van der Waals surface area (Å²) in [6, 6.07) is -0.0464. The second-order valence-electron chi connectivity index (χ2n) is 4.14. The molecule has 3 unspecified atom stereocenters. The maximum atomic E-state index is 12.2. The first-order valence-electron chi connectivity index (χ1n) is 4.87. The van der Waals surface area contributed by atoms with Gasteiger partial charge in [0.05, 0.1) is 6.54 Å². The lowest BCUT2D eigenvalue weighted by Crippen LogP contribution is -2.53. The number of halogens is 3. The minimum absolute atomic E-state index is 0.0366. The topological polar surface area (TPSA) is 29.3 Å². The predicted octanol–water partition coefficient (Wildman–Crippen LogP) is 1.61. The number of nitrogens with two attached hydrogens (primary N) is 1. The summed E-state index contributed by atoms with van der Waals surface area (Å²) in [5.74, 6) is 0.131. The van der Waals surface area contributed by atoms with Gasteiger partial charge in [0, 0.05) is 18.6 Å². The first-order valence-corrected chi connectivity index (χ1v) is 4.87. The van der Waals surface area contributed by atoms with Crippen LogP contribution in [0.5, 0.6) is 0 Å². The van der Waals surface area contributed by atoms with E-state index in [-0.39, 0.29) is 18.0 Å². The maximum absolute atomic E-state index is 12.2. The molecule has 84 valence electrons. The summed E-state index contributed by atoms with van der Waals surface area (Å²) in [7, 11) is 0. The average Bonchev–Trinajstić information content (AvgIpc) is 2.04. The molecule has 0 amide bonds. The van der Waals surface area contributed by atoms with Crippen LogP contribution < -0.4 is 5.73 Å². The molecule has 0 saturated carbocycles. The highest BCUT2D eigenvalue weighted by molar-refractivity contribution is 4.87. The first kappa shape index (κ1) is 11.8. The van der Waals surface area contributed by atoms with Gasteiger partial charge in [-0.15, -0.1) is 0 Å². The number of nitrogens with zero attached hydrogens (tertiary/aromatic N) is 1.